The Morgan fingerprint density at radius 1 is 0.647 bits per heavy atom. The predicted octanol–water partition coefficient (Wildman–Crippen LogP) is 6.40. The van der Waals surface area contributed by atoms with Gasteiger partial charge in [-0.25, -0.2) is 0 Å². The van der Waals surface area contributed by atoms with E-state index in [1.54, 1.807) is 0 Å². The van der Waals surface area contributed by atoms with Crippen LogP contribution in [0.5, 0.6) is 0 Å². The largest absolute Gasteiger partial charge is 0.0683 e. The summed E-state index contributed by atoms with van der Waals surface area (Å²) >= 11 is 0. The lowest BCUT2D eigenvalue weighted by Crippen LogP contribution is -2.44. The summed E-state index contributed by atoms with van der Waals surface area (Å²) in [5.41, 5.74) is 0.517. The lowest BCUT2D eigenvalue weighted by Gasteiger charge is -2.51. The smallest absolute Gasteiger partial charge is 0.0200 e. The predicted molar refractivity (Wildman–Crippen MR) is 82.4 cm³/mol. The first kappa shape index (κ1) is 19.3. The molecule has 0 aliphatic carbocycles. The van der Waals surface area contributed by atoms with Crippen LogP contribution in [0.25, 0.3) is 0 Å². The van der Waals surface area contributed by atoms with Crippen molar-refractivity contribution in [3.8, 4) is 0 Å². The van der Waals surface area contributed by atoms with Crippen LogP contribution in [0.1, 0.15) is 82.1 Å². The van der Waals surface area contributed by atoms with Crippen LogP contribution in [0.4, 0.5) is 0 Å². The fourth-order valence-electron chi connectivity index (χ4n) is 4.41. The first-order valence-corrected chi connectivity index (χ1v) is 7.85. The second kappa shape index (κ2) is 9.00. The summed E-state index contributed by atoms with van der Waals surface area (Å²) in [6, 6.07) is 0. The van der Waals surface area contributed by atoms with Crippen molar-refractivity contribution in [2.45, 2.75) is 82.1 Å². The molecule has 0 radical (unpaired) electrons. The summed E-state index contributed by atoms with van der Waals surface area (Å²) in [7, 11) is 0. The van der Waals surface area contributed by atoms with E-state index in [1.807, 2.05) is 13.8 Å². The van der Waals surface area contributed by atoms with Gasteiger partial charge < -0.3 is 0 Å². The van der Waals surface area contributed by atoms with Gasteiger partial charge in [0.25, 0.3) is 0 Å². The highest BCUT2D eigenvalue weighted by Gasteiger charge is 2.44. The fourth-order valence-corrected chi connectivity index (χ4v) is 4.41. The Bertz CT molecular complexity index is 139. The van der Waals surface area contributed by atoms with E-state index in [0.717, 1.165) is 23.7 Å². The number of rotatable bonds is 6. The minimum absolute atomic E-state index is 0.517. The zero-order chi connectivity index (χ0) is 14.2. The molecule has 0 aliphatic heterocycles. The first-order valence-electron chi connectivity index (χ1n) is 7.85. The molecule has 0 heteroatoms. The molecule has 0 atom stereocenters. The molecule has 0 saturated heterocycles. The van der Waals surface area contributed by atoms with Crippen molar-refractivity contribution in [3.05, 3.63) is 0 Å². The average molecular weight is 242 g/mol. The van der Waals surface area contributed by atoms with E-state index in [0.29, 0.717) is 5.41 Å². The highest BCUT2D eigenvalue weighted by molar-refractivity contribution is 4.93. The summed E-state index contributed by atoms with van der Waals surface area (Å²) in [4.78, 5) is 0. The van der Waals surface area contributed by atoms with Crippen molar-refractivity contribution in [2.75, 3.05) is 0 Å². The van der Waals surface area contributed by atoms with E-state index in [4.69, 9.17) is 0 Å². The maximum atomic E-state index is 2.42. The Balaban J connectivity index is 0. The lowest BCUT2D eigenvalue weighted by molar-refractivity contribution is -0.0234. The summed E-state index contributed by atoms with van der Waals surface area (Å²) in [6.45, 7) is 23.2. The summed E-state index contributed by atoms with van der Waals surface area (Å²) in [6.07, 6.45) is 2.65. The van der Waals surface area contributed by atoms with Crippen LogP contribution < -0.4 is 0 Å². The molecule has 0 N–H and O–H groups in total. The molecule has 0 fully saturated rings. The molecule has 0 aromatic rings. The lowest BCUT2D eigenvalue weighted by atomic mass is 9.54. The second-order valence-corrected chi connectivity index (χ2v) is 5.98. The normalized spacial score (nSPS) is 12.4. The highest BCUT2D eigenvalue weighted by Crippen LogP contribution is 2.51. The first-order chi connectivity index (χ1) is 7.85. The van der Waals surface area contributed by atoms with Crippen LogP contribution in [0.3, 0.4) is 0 Å². The van der Waals surface area contributed by atoms with Crippen LogP contribution >= 0.6 is 0 Å². The fraction of sp³-hybridized carbons (Fsp3) is 1.00. The molecule has 17 heavy (non-hydrogen) atoms. The van der Waals surface area contributed by atoms with Crippen LogP contribution in [0, 0.1) is 29.1 Å². The third-order valence-corrected chi connectivity index (χ3v) is 4.69. The topological polar surface area (TPSA) is 0 Å². The van der Waals surface area contributed by atoms with Gasteiger partial charge in [-0.2, -0.15) is 0 Å². The summed E-state index contributed by atoms with van der Waals surface area (Å²) in [5, 5.41) is 0. The zero-order valence-electron chi connectivity index (χ0n) is 14.2. The minimum Gasteiger partial charge on any atom is -0.0683 e. The molecule has 0 amide bonds. The van der Waals surface area contributed by atoms with Crippen molar-refractivity contribution >= 4 is 0 Å². The molecular formula is C17H38. The third-order valence-electron chi connectivity index (χ3n) is 4.69. The molecule has 0 nitrogen and oxygen atoms in total. The highest BCUT2D eigenvalue weighted by atomic mass is 14.5. The minimum atomic E-state index is 0.517. The Kier molecular flexibility index (Phi) is 10.2. The maximum Gasteiger partial charge on any atom is -0.0200 e. The van der Waals surface area contributed by atoms with E-state index in [1.165, 1.54) is 12.8 Å². The van der Waals surface area contributed by atoms with Gasteiger partial charge in [0, 0.05) is 0 Å². The average Bonchev–Trinajstić information content (AvgIpc) is 2.26. The number of hydrogen-bond donors (Lipinski definition) is 0. The van der Waals surface area contributed by atoms with Crippen molar-refractivity contribution in [1.29, 1.82) is 0 Å². The van der Waals surface area contributed by atoms with Gasteiger partial charge in [-0.3, -0.25) is 0 Å². The Morgan fingerprint density at radius 2 is 0.882 bits per heavy atom. The molecule has 0 aromatic heterocycles. The van der Waals surface area contributed by atoms with Crippen molar-refractivity contribution in [2.24, 2.45) is 29.1 Å². The van der Waals surface area contributed by atoms with Crippen molar-refractivity contribution in [3.63, 3.8) is 0 Å². The Morgan fingerprint density at radius 3 is 0.941 bits per heavy atom. The molecule has 0 bridgehead atoms. The van der Waals surface area contributed by atoms with Gasteiger partial charge in [0.2, 0.25) is 0 Å². The van der Waals surface area contributed by atoms with Crippen LogP contribution in [0.2, 0.25) is 0 Å². The van der Waals surface area contributed by atoms with Crippen molar-refractivity contribution in [1.82, 2.24) is 0 Å². The van der Waals surface area contributed by atoms with E-state index in [9.17, 15) is 0 Å². The van der Waals surface area contributed by atoms with Gasteiger partial charge in [-0.05, 0) is 29.1 Å². The van der Waals surface area contributed by atoms with Crippen LogP contribution in [-0.4, -0.2) is 0 Å². The molecular weight excluding hydrogens is 204 g/mol. The second-order valence-electron chi connectivity index (χ2n) is 5.98. The molecule has 0 saturated carbocycles. The van der Waals surface area contributed by atoms with Crippen LogP contribution in [-0.2, 0) is 0 Å². The molecule has 0 heterocycles. The zero-order valence-corrected chi connectivity index (χ0v) is 14.2. The molecule has 0 rings (SSSR count). The molecule has 0 spiro atoms. The van der Waals surface area contributed by atoms with Gasteiger partial charge in [-0.1, -0.05) is 82.1 Å². The molecule has 106 valence electrons. The van der Waals surface area contributed by atoms with Gasteiger partial charge in [0.05, 0.1) is 0 Å². The van der Waals surface area contributed by atoms with E-state index >= 15 is 0 Å². The Hall–Kier alpha value is 0. The monoisotopic (exact) mass is 242 g/mol. The standard InChI is InChI=1S/C15H32.C2H6/c1-9-14(10-2)15(11(3)4,12(5)6)13(7)8;1-2/h11-14H,9-10H2,1-8H3;1-2H3. The SMILES string of the molecule is CC.CCC(CC)C(C(C)C)(C(C)C)C(C)C. The van der Waals surface area contributed by atoms with E-state index in [-0.39, 0.29) is 0 Å². The maximum absolute atomic E-state index is 2.42. The molecule has 0 aromatic carbocycles. The van der Waals surface area contributed by atoms with E-state index in [2.05, 4.69) is 55.4 Å². The molecule has 0 unspecified atom stereocenters. The molecule has 0 aliphatic rings. The number of hydrogen-bond acceptors (Lipinski definition) is 0. The third kappa shape index (κ3) is 4.00. The Labute approximate surface area is 112 Å². The van der Waals surface area contributed by atoms with Gasteiger partial charge in [0.15, 0.2) is 0 Å². The van der Waals surface area contributed by atoms with Crippen LogP contribution in [0.15, 0.2) is 0 Å². The van der Waals surface area contributed by atoms with Gasteiger partial charge >= 0.3 is 0 Å². The quantitative estimate of drug-likeness (QED) is 0.505. The van der Waals surface area contributed by atoms with Gasteiger partial charge in [-0.15, -0.1) is 0 Å². The summed E-state index contributed by atoms with van der Waals surface area (Å²) in [5.74, 6) is 3.21. The summed E-state index contributed by atoms with van der Waals surface area (Å²) < 4.78 is 0. The van der Waals surface area contributed by atoms with Gasteiger partial charge in [0.1, 0.15) is 0 Å². The van der Waals surface area contributed by atoms with E-state index < -0.39 is 0 Å². The van der Waals surface area contributed by atoms with Crippen molar-refractivity contribution < 1.29 is 0 Å².